The van der Waals surface area contributed by atoms with Crippen molar-refractivity contribution in [1.82, 2.24) is 4.90 Å². The van der Waals surface area contributed by atoms with Crippen LogP contribution in [0, 0.1) is 6.92 Å². The Balaban J connectivity index is 1.61. The average Bonchev–Trinajstić information content (AvgIpc) is 3.42. The van der Waals surface area contributed by atoms with Crippen LogP contribution in [-0.2, 0) is 10.4 Å². The molecule has 2 unspecified atom stereocenters. The van der Waals surface area contributed by atoms with E-state index in [1.165, 1.54) is 18.2 Å². The molecule has 1 fully saturated rings. The molecule has 0 radical (unpaired) electrons. The second-order valence-corrected chi connectivity index (χ2v) is 10.4. The second-order valence-electron chi connectivity index (χ2n) is 8.20. The van der Waals surface area contributed by atoms with Crippen molar-refractivity contribution in [3.8, 4) is 0 Å². The standard InChI is InChI=1S/C23H21Cl2F3N2O2S/c1-13-8-14(5-6-18(13)21(31)30(2)20-4-3-7-33-20)19-12-22(32-29-19,23(26,27)28)15-9-16(24)11-17(25)10-15/h5-6,8-11,20H,3-4,7,12H2,1-2H3. The Kier molecular flexibility index (Phi) is 6.64. The highest BCUT2D eigenvalue weighted by molar-refractivity contribution is 8.00. The summed E-state index contributed by atoms with van der Waals surface area (Å²) in [5, 5.41) is 4.07. The maximum Gasteiger partial charge on any atom is 0.435 e. The third kappa shape index (κ3) is 4.57. The van der Waals surface area contributed by atoms with Crippen molar-refractivity contribution in [2.24, 2.45) is 5.16 Å². The van der Waals surface area contributed by atoms with E-state index in [9.17, 15) is 18.0 Å². The first-order chi connectivity index (χ1) is 15.5. The van der Waals surface area contributed by atoms with Gasteiger partial charge in [-0.25, -0.2) is 0 Å². The molecule has 0 aliphatic carbocycles. The van der Waals surface area contributed by atoms with Crippen LogP contribution in [-0.4, -0.2) is 40.9 Å². The number of halogens is 5. The van der Waals surface area contributed by atoms with E-state index in [2.05, 4.69) is 5.16 Å². The van der Waals surface area contributed by atoms with Crippen LogP contribution < -0.4 is 0 Å². The first-order valence-corrected chi connectivity index (χ1v) is 12.1. The lowest BCUT2D eigenvalue weighted by Gasteiger charge is -2.29. The summed E-state index contributed by atoms with van der Waals surface area (Å²) in [6.45, 7) is 1.76. The Labute approximate surface area is 204 Å². The number of amides is 1. The number of rotatable bonds is 4. The number of oxime groups is 1. The minimum Gasteiger partial charge on any atom is -0.374 e. The molecule has 0 N–H and O–H groups in total. The number of hydrogen-bond acceptors (Lipinski definition) is 4. The monoisotopic (exact) mass is 516 g/mol. The number of carbonyl (C=O) groups excluding carboxylic acids is 1. The van der Waals surface area contributed by atoms with Gasteiger partial charge in [0.15, 0.2) is 0 Å². The number of benzene rings is 2. The lowest BCUT2D eigenvalue weighted by Crippen LogP contribution is -2.42. The van der Waals surface area contributed by atoms with E-state index < -0.39 is 18.2 Å². The zero-order valence-electron chi connectivity index (χ0n) is 17.9. The van der Waals surface area contributed by atoms with Gasteiger partial charge in [0, 0.05) is 34.6 Å². The van der Waals surface area contributed by atoms with Crippen molar-refractivity contribution in [3.05, 3.63) is 68.7 Å². The zero-order chi connectivity index (χ0) is 24.0. The maximum absolute atomic E-state index is 14.2. The molecule has 0 spiro atoms. The van der Waals surface area contributed by atoms with Gasteiger partial charge in [-0.1, -0.05) is 34.4 Å². The summed E-state index contributed by atoms with van der Waals surface area (Å²) in [6, 6.07) is 8.63. The number of aryl methyl sites for hydroxylation is 1. The molecule has 2 heterocycles. The number of nitrogens with zero attached hydrogens (tertiary/aromatic N) is 2. The Morgan fingerprint density at radius 3 is 2.48 bits per heavy atom. The summed E-state index contributed by atoms with van der Waals surface area (Å²) < 4.78 is 42.6. The minimum atomic E-state index is -4.77. The third-order valence-electron chi connectivity index (χ3n) is 5.96. The van der Waals surface area contributed by atoms with E-state index in [1.54, 1.807) is 48.8 Å². The van der Waals surface area contributed by atoms with Gasteiger partial charge in [-0.15, -0.1) is 11.8 Å². The van der Waals surface area contributed by atoms with Gasteiger partial charge in [0.1, 0.15) is 0 Å². The molecule has 2 aromatic carbocycles. The number of thioether (sulfide) groups is 1. The fourth-order valence-electron chi connectivity index (χ4n) is 4.12. The van der Waals surface area contributed by atoms with E-state index in [0.29, 0.717) is 16.7 Å². The van der Waals surface area contributed by atoms with Gasteiger partial charge < -0.3 is 9.74 Å². The first kappa shape index (κ1) is 24.2. The number of hydrogen-bond donors (Lipinski definition) is 0. The summed E-state index contributed by atoms with van der Waals surface area (Å²) in [7, 11) is 1.78. The summed E-state index contributed by atoms with van der Waals surface area (Å²) in [4.78, 5) is 19.7. The van der Waals surface area contributed by atoms with Crippen LogP contribution in [0.2, 0.25) is 10.0 Å². The SMILES string of the molecule is Cc1cc(C2=NOC(c3cc(Cl)cc(Cl)c3)(C(F)(F)F)C2)ccc1C(=O)N(C)C1CCCS1. The summed E-state index contributed by atoms with van der Waals surface area (Å²) in [6.07, 6.45) is -3.29. The van der Waals surface area contributed by atoms with E-state index in [-0.39, 0.29) is 32.6 Å². The molecule has 33 heavy (non-hydrogen) atoms. The van der Waals surface area contributed by atoms with Crippen LogP contribution in [0.15, 0.2) is 41.6 Å². The highest BCUT2D eigenvalue weighted by atomic mass is 35.5. The second kappa shape index (κ2) is 9.04. The van der Waals surface area contributed by atoms with Crippen molar-refractivity contribution < 1.29 is 22.8 Å². The Bertz CT molecular complexity index is 1100. The molecule has 1 saturated heterocycles. The highest BCUT2D eigenvalue weighted by Crippen LogP contribution is 2.49. The van der Waals surface area contributed by atoms with Gasteiger partial charge >= 0.3 is 6.18 Å². The van der Waals surface area contributed by atoms with Crippen LogP contribution in [0.3, 0.4) is 0 Å². The van der Waals surface area contributed by atoms with E-state index in [4.69, 9.17) is 28.0 Å². The molecule has 4 nitrogen and oxygen atoms in total. The van der Waals surface area contributed by atoms with E-state index in [1.807, 2.05) is 0 Å². The molecule has 4 rings (SSSR count). The van der Waals surface area contributed by atoms with Gasteiger partial charge in [0.25, 0.3) is 11.5 Å². The fraction of sp³-hybridized carbons (Fsp3) is 0.391. The van der Waals surface area contributed by atoms with Crippen LogP contribution in [0.4, 0.5) is 13.2 Å². The van der Waals surface area contributed by atoms with Crippen molar-refractivity contribution in [3.63, 3.8) is 0 Å². The predicted octanol–water partition coefficient (Wildman–Crippen LogP) is 6.81. The van der Waals surface area contributed by atoms with Gasteiger partial charge in [0.05, 0.1) is 11.1 Å². The molecule has 2 aliphatic rings. The highest BCUT2D eigenvalue weighted by Gasteiger charge is 2.62. The van der Waals surface area contributed by atoms with Crippen molar-refractivity contribution in [2.75, 3.05) is 12.8 Å². The predicted molar refractivity (Wildman–Crippen MR) is 125 cm³/mol. The molecule has 1 amide bonds. The largest absolute Gasteiger partial charge is 0.435 e. The van der Waals surface area contributed by atoms with Crippen molar-refractivity contribution in [2.45, 2.75) is 43.3 Å². The van der Waals surface area contributed by atoms with Gasteiger partial charge in [-0.05, 0) is 67.0 Å². The van der Waals surface area contributed by atoms with Crippen LogP contribution in [0.5, 0.6) is 0 Å². The molecule has 10 heteroatoms. The molecule has 2 atom stereocenters. The molecule has 0 saturated carbocycles. The van der Waals surface area contributed by atoms with E-state index >= 15 is 0 Å². The summed E-state index contributed by atoms with van der Waals surface area (Å²) >= 11 is 13.7. The van der Waals surface area contributed by atoms with Crippen molar-refractivity contribution in [1.29, 1.82) is 0 Å². The van der Waals surface area contributed by atoms with Gasteiger partial charge in [0.2, 0.25) is 0 Å². The molecule has 0 aromatic heterocycles. The smallest absolute Gasteiger partial charge is 0.374 e. The lowest BCUT2D eigenvalue weighted by atomic mass is 9.86. The molecular formula is C23H21Cl2F3N2O2S. The molecule has 2 aliphatic heterocycles. The fourth-order valence-corrected chi connectivity index (χ4v) is 5.90. The lowest BCUT2D eigenvalue weighted by molar-refractivity contribution is -0.275. The Morgan fingerprint density at radius 2 is 1.91 bits per heavy atom. The summed E-state index contributed by atoms with van der Waals surface area (Å²) in [5.41, 5.74) is -1.15. The van der Waals surface area contributed by atoms with Crippen LogP contribution in [0.1, 0.15) is 46.3 Å². The van der Waals surface area contributed by atoms with E-state index in [0.717, 1.165) is 18.6 Å². The quantitative estimate of drug-likeness (QED) is 0.448. The van der Waals surface area contributed by atoms with Crippen molar-refractivity contribution >= 4 is 46.6 Å². The topological polar surface area (TPSA) is 41.9 Å². The maximum atomic E-state index is 14.2. The molecule has 2 aromatic rings. The minimum absolute atomic E-state index is 0.0708. The molecule has 176 valence electrons. The first-order valence-electron chi connectivity index (χ1n) is 10.3. The zero-order valence-corrected chi connectivity index (χ0v) is 20.2. The number of carbonyl (C=O) groups is 1. The Hall–Kier alpha value is -1.90. The Morgan fingerprint density at radius 1 is 1.21 bits per heavy atom. The van der Waals surface area contributed by atoms with Gasteiger partial charge in [-0.2, -0.15) is 13.2 Å². The van der Waals surface area contributed by atoms with Crippen LogP contribution in [0.25, 0.3) is 0 Å². The van der Waals surface area contributed by atoms with Gasteiger partial charge in [-0.3, -0.25) is 4.79 Å². The molecular weight excluding hydrogens is 496 g/mol. The molecule has 0 bridgehead atoms. The number of alkyl halides is 3. The normalized spacial score (nSPS) is 22.8. The summed E-state index contributed by atoms with van der Waals surface area (Å²) in [5.74, 6) is 0.917. The van der Waals surface area contributed by atoms with Crippen LogP contribution >= 0.6 is 35.0 Å². The third-order valence-corrected chi connectivity index (χ3v) is 7.86. The average molecular weight is 517 g/mol.